The van der Waals surface area contributed by atoms with E-state index in [1.165, 1.54) is 0 Å². The molecule has 0 aromatic rings. The highest BCUT2D eigenvalue weighted by molar-refractivity contribution is 5.70. The molecule has 0 radical (unpaired) electrons. The molecule has 0 bridgehead atoms. The lowest BCUT2D eigenvalue weighted by Crippen LogP contribution is -2.40. The van der Waals surface area contributed by atoms with Crippen LogP contribution in [-0.4, -0.2) is 23.2 Å². The first-order valence-electron chi connectivity index (χ1n) is 4.29. The lowest BCUT2D eigenvalue weighted by atomic mass is 9.79. The van der Waals surface area contributed by atoms with E-state index in [0.29, 0.717) is 0 Å². The van der Waals surface area contributed by atoms with E-state index in [2.05, 4.69) is 0 Å². The Morgan fingerprint density at radius 3 is 2.20 bits per heavy atom. The van der Waals surface area contributed by atoms with Crippen molar-refractivity contribution in [3.05, 3.63) is 0 Å². The third-order valence-electron chi connectivity index (χ3n) is 2.47. The highest BCUT2D eigenvalue weighted by atomic mass is 19.4. The Kier molecular flexibility index (Phi) is 2.93. The molecule has 0 saturated heterocycles. The average Bonchev–Trinajstić information content (AvgIpc) is 1.99. The van der Waals surface area contributed by atoms with Crippen molar-refractivity contribution >= 4 is 5.97 Å². The number of hydrogen-bond acceptors (Lipinski definition) is 1. The summed E-state index contributed by atoms with van der Waals surface area (Å²) < 4.78 is 62.2. The van der Waals surface area contributed by atoms with Crippen molar-refractivity contribution in [3.8, 4) is 0 Å². The van der Waals surface area contributed by atoms with Gasteiger partial charge in [0, 0.05) is 12.8 Å². The van der Waals surface area contributed by atoms with Gasteiger partial charge in [0.15, 0.2) is 0 Å². The van der Waals surface area contributed by atoms with Gasteiger partial charge in [-0.2, -0.15) is 13.2 Å². The molecular formula is C8H9F5O2. The number of halogens is 5. The summed E-state index contributed by atoms with van der Waals surface area (Å²) in [5.74, 6) is -8.96. The number of carbonyl (C=O) groups is 1. The highest BCUT2D eigenvalue weighted by Gasteiger charge is 2.52. The molecule has 0 unspecified atom stereocenters. The fourth-order valence-corrected chi connectivity index (χ4v) is 1.75. The predicted molar refractivity (Wildman–Crippen MR) is 39.5 cm³/mol. The van der Waals surface area contributed by atoms with Crippen LogP contribution in [0.5, 0.6) is 0 Å². The number of carboxylic acids is 1. The fourth-order valence-electron chi connectivity index (χ4n) is 1.75. The van der Waals surface area contributed by atoms with E-state index in [4.69, 9.17) is 5.11 Å². The molecule has 2 atom stereocenters. The van der Waals surface area contributed by atoms with Crippen LogP contribution >= 0.6 is 0 Å². The number of carboxylic acid groups (broad SMARTS) is 1. The molecular weight excluding hydrogens is 223 g/mol. The standard InChI is InChI=1S/C8H9F5O2/c9-7(10)2-4(6(14)15)1-5(3-7)8(11,12)13/h4-5H,1-3H2,(H,14,15)/t4-,5+/m1/s1. The third-order valence-corrected chi connectivity index (χ3v) is 2.47. The Morgan fingerprint density at radius 1 is 1.27 bits per heavy atom. The second-order valence-electron chi connectivity index (χ2n) is 3.77. The minimum Gasteiger partial charge on any atom is -0.481 e. The molecule has 0 aromatic carbocycles. The zero-order valence-electron chi connectivity index (χ0n) is 7.52. The first-order chi connectivity index (χ1) is 6.62. The van der Waals surface area contributed by atoms with Gasteiger partial charge in [0.25, 0.3) is 0 Å². The molecule has 1 N–H and O–H groups in total. The number of rotatable bonds is 1. The van der Waals surface area contributed by atoms with Crippen molar-refractivity contribution in [1.82, 2.24) is 0 Å². The SMILES string of the molecule is O=C(O)[C@@H]1C[C@H](C(F)(F)F)CC(F)(F)C1. The molecule has 0 aromatic heterocycles. The molecule has 0 heterocycles. The molecule has 1 saturated carbocycles. The summed E-state index contributed by atoms with van der Waals surface area (Å²) in [6.07, 6.45) is -7.82. The molecule has 1 fully saturated rings. The van der Waals surface area contributed by atoms with Crippen LogP contribution in [0.4, 0.5) is 22.0 Å². The van der Waals surface area contributed by atoms with Gasteiger partial charge in [-0.1, -0.05) is 0 Å². The van der Waals surface area contributed by atoms with Crippen LogP contribution in [0.1, 0.15) is 19.3 Å². The Balaban J connectivity index is 2.82. The summed E-state index contributed by atoms with van der Waals surface area (Å²) in [7, 11) is 0. The predicted octanol–water partition coefficient (Wildman–Crippen LogP) is 2.68. The lowest BCUT2D eigenvalue weighted by Gasteiger charge is -2.33. The largest absolute Gasteiger partial charge is 0.481 e. The van der Waals surface area contributed by atoms with Crippen LogP contribution in [0.3, 0.4) is 0 Å². The van der Waals surface area contributed by atoms with Crippen molar-refractivity contribution in [2.75, 3.05) is 0 Å². The minimum atomic E-state index is -4.75. The molecule has 15 heavy (non-hydrogen) atoms. The number of alkyl halides is 5. The van der Waals surface area contributed by atoms with E-state index in [1.54, 1.807) is 0 Å². The van der Waals surface area contributed by atoms with Gasteiger partial charge in [0.05, 0.1) is 11.8 Å². The zero-order valence-corrected chi connectivity index (χ0v) is 7.52. The van der Waals surface area contributed by atoms with E-state index in [-0.39, 0.29) is 0 Å². The van der Waals surface area contributed by atoms with Gasteiger partial charge in [-0.05, 0) is 6.42 Å². The van der Waals surface area contributed by atoms with Gasteiger partial charge in [-0.3, -0.25) is 4.79 Å². The summed E-state index contributed by atoms with van der Waals surface area (Å²) in [6.45, 7) is 0. The van der Waals surface area contributed by atoms with Crippen molar-refractivity contribution in [2.24, 2.45) is 11.8 Å². The van der Waals surface area contributed by atoms with Crippen molar-refractivity contribution in [1.29, 1.82) is 0 Å². The first kappa shape index (κ1) is 12.2. The second-order valence-corrected chi connectivity index (χ2v) is 3.77. The molecule has 88 valence electrons. The lowest BCUT2D eigenvalue weighted by molar-refractivity contribution is -0.215. The first-order valence-corrected chi connectivity index (χ1v) is 4.29. The monoisotopic (exact) mass is 232 g/mol. The summed E-state index contributed by atoms with van der Waals surface area (Å²) in [6, 6.07) is 0. The maximum atomic E-state index is 12.8. The van der Waals surface area contributed by atoms with Gasteiger partial charge in [-0.25, -0.2) is 8.78 Å². The van der Waals surface area contributed by atoms with E-state index in [9.17, 15) is 26.7 Å². The van der Waals surface area contributed by atoms with E-state index in [0.717, 1.165) is 0 Å². The maximum absolute atomic E-state index is 12.8. The topological polar surface area (TPSA) is 37.3 Å². The minimum absolute atomic E-state index is 0.756. The molecule has 1 rings (SSSR count). The number of hydrogen-bond donors (Lipinski definition) is 1. The summed E-state index contributed by atoms with van der Waals surface area (Å²) in [5.41, 5.74) is 0. The molecule has 2 nitrogen and oxygen atoms in total. The smallest absolute Gasteiger partial charge is 0.392 e. The van der Waals surface area contributed by atoms with E-state index < -0.39 is 49.2 Å². The highest BCUT2D eigenvalue weighted by Crippen LogP contribution is 2.46. The fraction of sp³-hybridized carbons (Fsp3) is 0.875. The van der Waals surface area contributed by atoms with E-state index >= 15 is 0 Å². The average molecular weight is 232 g/mol. The van der Waals surface area contributed by atoms with Crippen LogP contribution < -0.4 is 0 Å². The van der Waals surface area contributed by atoms with Crippen molar-refractivity contribution in [3.63, 3.8) is 0 Å². The second kappa shape index (κ2) is 3.61. The number of aliphatic carboxylic acids is 1. The zero-order chi connectivity index (χ0) is 11.9. The Labute approximate surface area is 82.1 Å². The van der Waals surface area contributed by atoms with Crippen LogP contribution in [0, 0.1) is 11.8 Å². The van der Waals surface area contributed by atoms with Crippen molar-refractivity contribution < 1.29 is 31.9 Å². The Bertz CT molecular complexity index is 260. The molecule has 0 spiro atoms. The van der Waals surface area contributed by atoms with Crippen LogP contribution in [-0.2, 0) is 4.79 Å². The third kappa shape index (κ3) is 3.04. The van der Waals surface area contributed by atoms with Gasteiger partial charge in [0.2, 0.25) is 5.92 Å². The molecule has 0 amide bonds. The van der Waals surface area contributed by atoms with Crippen LogP contribution in [0.2, 0.25) is 0 Å². The normalized spacial score (nSPS) is 31.3. The molecule has 7 heteroatoms. The summed E-state index contributed by atoms with van der Waals surface area (Å²) >= 11 is 0. The van der Waals surface area contributed by atoms with E-state index in [1.807, 2.05) is 0 Å². The summed E-state index contributed by atoms with van der Waals surface area (Å²) in [5, 5.41) is 8.45. The molecule has 1 aliphatic carbocycles. The quantitative estimate of drug-likeness (QED) is 0.705. The van der Waals surface area contributed by atoms with Gasteiger partial charge < -0.3 is 5.11 Å². The summed E-state index contributed by atoms with van der Waals surface area (Å²) in [4.78, 5) is 10.4. The maximum Gasteiger partial charge on any atom is 0.392 e. The van der Waals surface area contributed by atoms with Gasteiger partial charge in [0.1, 0.15) is 0 Å². The van der Waals surface area contributed by atoms with Crippen LogP contribution in [0.25, 0.3) is 0 Å². The molecule has 1 aliphatic rings. The van der Waals surface area contributed by atoms with Gasteiger partial charge >= 0.3 is 12.1 Å². The Hall–Kier alpha value is -0.880. The van der Waals surface area contributed by atoms with Crippen LogP contribution in [0.15, 0.2) is 0 Å². The van der Waals surface area contributed by atoms with Crippen molar-refractivity contribution in [2.45, 2.75) is 31.4 Å². The molecule has 0 aliphatic heterocycles. The van der Waals surface area contributed by atoms with Gasteiger partial charge in [-0.15, -0.1) is 0 Å². The Morgan fingerprint density at radius 2 is 1.80 bits per heavy atom.